The number of aryl methyl sites for hydroxylation is 1. The number of nitrogens with one attached hydrogen (secondary N) is 1. The third-order valence-electron chi connectivity index (χ3n) is 4.07. The molecule has 1 aromatic rings. The van der Waals surface area contributed by atoms with Crippen molar-refractivity contribution in [2.45, 2.75) is 52.0 Å². The van der Waals surface area contributed by atoms with E-state index >= 15 is 0 Å². The van der Waals surface area contributed by atoms with Crippen LogP contribution in [0.5, 0.6) is 5.75 Å². The number of nitrogens with zero attached hydrogens (tertiary/aromatic N) is 1. The highest BCUT2D eigenvalue weighted by Crippen LogP contribution is 2.32. The minimum absolute atomic E-state index is 0.587. The Morgan fingerprint density at radius 3 is 2.67 bits per heavy atom. The molecule has 0 unspecified atom stereocenters. The summed E-state index contributed by atoms with van der Waals surface area (Å²) in [4.78, 5) is 4.26. The number of aromatic nitrogens is 1. The maximum absolute atomic E-state index is 5.43. The molecule has 1 aromatic heterocycles. The Bertz CT molecular complexity index is 384. The minimum Gasteiger partial charge on any atom is -0.493 e. The first-order valence-corrected chi connectivity index (χ1v) is 7.00. The maximum Gasteiger partial charge on any atom is 0.163 e. The summed E-state index contributed by atoms with van der Waals surface area (Å²) in [5.74, 6) is 1.82. The van der Waals surface area contributed by atoms with Gasteiger partial charge in [0.05, 0.1) is 18.5 Å². The zero-order valence-corrected chi connectivity index (χ0v) is 11.7. The topological polar surface area (TPSA) is 34.2 Å². The van der Waals surface area contributed by atoms with Crippen LogP contribution >= 0.6 is 0 Å². The largest absolute Gasteiger partial charge is 0.493 e. The van der Waals surface area contributed by atoms with Crippen molar-refractivity contribution in [3.8, 4) is 5.75 Å². The van der Waals surface area contributed by atoms with Gasteiger partial charge in [-0.1, -0.05) is 13.3 Å². The van der Waals surface area contributed by atoms with Gasteiger partial charge >= 0.3 is 0 Å². The smallest absolute Gasteiger partial charge is 0.163 e. The molecule has 3 nitrogen and oxygen atoms in total. The van der Waals surface area contributed by atoms with Gasteiger partial charge in [-0.3, -0.25) is 4.98 Å². The van der Waals surface area contributed by atoms with E-state index in [0.29, 0.717) is 6.04 Å². The molecule has 0 amide bonds. The predicted octanol–water partition coefficient (Wildman–Crippen LogP) is 3.78. The molecule has 0 atom stereocenters. The molecule has 0 radical (unpaired) electrons. The van der Waals surface area contributed by atoms with Gasteiger partial charge in [-0.15, -0.1) is 0 Å². The summed E-state index contributed by atoms with van der Waals surface area (Å²) in [5, 5.41) is 3.62. The summed E-state index contributed by atoms with van der Waals surface area (Å²) in [7, 11) is 1.71. The fourth-order valence-corrected chi connectivity index (χ4v) is 2.86. The SMILES string of the molecule is CCC1CCC(Nc2ccnc(C)c2OC)CC1. The van der Waals surface area contributed by atoms with Crippen LogP contribution in [0.2, 0.25) is 0 Å². The second-order valence-corrected chi connectivity index (χ2v) is 5.25. The van der Waals surface area contributed by atoms with Crippen molar-refractivity contribution in [3.05, 3.63) is 18.0 Å². The summed E-state index contributed by atoms with van der Waals surface area (Å²) in [6, 6.07) is 2.60. The zero-order chi connectivity index (χ0) is 13.0. The molecule has 1 aliphatic rings. The molecule has 18 heavy (non-hydrogen) atoms. The van der Waals surface area contributed by atoms with Crippen LogP contribution in [0.4, 0.5) is 5.69 Å². The van der Waals surface area contributed by atoms with Crippen molar-refractivity contribution < 1.29 is 4.74 Å². The van der Waals surface area contributed by atoms with E-state index in [1.807, 2.05) is 19.2 Å². The summed E-state index contributed by atoms with van der Waals surface area (Å²) < 4.78 is 5.43. The first-order valence-electron chi connectivity index (χ1n) is 7.00. The molecule has 0 aromatic carbocycles. The second kappa shape index (κ2) is 6.07. The molecule has 0 spiro atoms. The number of pyridine rings is 1. The lowest BCUT2D eigenvalue weighted by molar-refractivity contribution is 0.329. The number of hydrogen-bond acceptors (Lipinski definition) is 3. The van der Waals surface area contributed by atoms with Gasteiger partial charge < -0.3 is 10.1 Å². The van der Waals surface area contributed by atoms with Gasteiger partial charge in [0.25, 0.3) is 0 Å². The summed E-state index contributed by atoms with van der Waals surface area (Å²) >= 11 is 0. The third-order valence-corrected chi connectivity index (χ3v) is 4.07. The van der Waals surface area contributed by atoms with Crippen LogP contribution in [0.15, 0.2) is 12.3 Å². The Hall–Kier alpha value is -1.25. The molecule has 1 heterocycles. The number of ether oxygens (including phenoxy) is 1. The molecule has 1 aliphatic carbocycles. The van der Waals surface area contributed by atoms with Crippen LogP contribution < -0.4 is 10.1 Å². The van der Waals surface area contributed by atoms with Crippen LogP contribution in [-0.2, 0) is 0 Å². The van der Waals surface area contributed by atoms with Crippen molar-refractivity contribution in [3.63, 3.8) is 0 Å². The molecule has 0 bridgehead atoms. The van der Waals surface area contributed by atoms with E-state index in [0.717, 1.165) is 23.0 Å². The van der Waals surface area contributed by atoms with Gasteiger partial charge in [-0.25, -0.2) is 0 Å². The molecule has 3 heteroatoms. The number of methoxy groups -OCH3 is 1. The lowest BCUT2D eigenvalue weighted by atomic mass is 9.84. The third kappa shape index (κ3) is 2.95. The summed E-state index contributed by atoms with van der Waals surface area (Å²) in [6.45, 7) is 4.28. The lowest BCUT2D eigenvalue weighted by Crippen LogP contribution is -2.26. The van der Waals surface area contributed by atoms with Gasteiger partial charge in [-0.2, -0.15) is 0 Å². The Labute approximate surface area is 110 Å². The van der Waals surface area contributed by atoms with Crippen LogP contribution in [0.3, 0.4) is 0 Å². The van der Waals surface area contributed by atoms with E-state index in [-0.39, 0.29) is 0 Å². The van der Waals surface area contributed by atoms with Crippen LogP contribution in [0.25, 0.3) is 0 Å². The number of hydrogen-bond donors (Lipinski definition) is 1. The highest BCUT2D eigenvalue weighted by Gasteiger charge is 2.20. The molecule has 0 aliphatic heterocycles. The number of rotatable bonds is 4. The first-order chi connectivity index (χ1) is 8.74. The molecule has 1 N–H and O–H groups in total. The number of anilines is 1. The van der Waals surface area contributed by atoms with Crippen molar-refractivity contribution in [1.29, 1.82) is 0 Å². The molecule has 100 valence electrons. The predicted molar refractivity (Wildman–Crippen MR) is 75.2 cm³/mol. The van der Waals surface area contributed by atoms with Crippen LogP contribution in [-0.4, -0.2) is 18.1 Å². The zero-order valence-electron chi connectivity index (χ0n) is 11.7. The molecule has 2 rings (SSSR count). The Morgan fingerprint density at radius 2 is 2.06 bits per heavy atom. The molecular weight excluding hydrogens is 224 g/mol. The Kier molecular flexibility index (Phi) is 4.45. The van der Waals surface area contributed by atoms with Gasteiger partial charge in [-0.05, 0) is 44.6 Å². The Morgan fingerprint density at radius 1 is 1.33 bits per heavy atom. The fraction of sp³-hybridized carbons (Fsp3) is 0.667. The highest BCUT2D eigenvalue weighted by atomic mass is 16.5. The fourth-order valence-electron chi connectivity index (χ4n) is 2.86. The van der Waals surface area contributed by atoms with Crippen LogP contribution in [0.1, 0.15) is 44.7 Å². The average molecular weight is 248 g/mol. The monoisotopic (exact) mass is 248 g/mol. The summed E-state index contributed by atoms with van der Waals surface area (Å²) in [6.07, 6.45) is 8.40. The normalized spacial score (nSPS) is 23.7. The Balaban J connectivity index is 2.00. The van der Waals surface area contributed by atoms with Crippen molar-refractivity contribution in [1.82, 2.24) is 4.98 Å². The van der Waals surface area contributed by atoms with E-state index in [1.165, 1.54) is 32.1 Å². The van der Waals surface area contributed by atoms with Gasteiger partial charge in [0.2, 0.25) is 0 Å². The van der Waals surface area contributed by atoms with Crippen molar-refractivity contribution >= 4 is 5.69 Å². The average Bonchev–Trinajstić information content (AvgIpc) is 2.40. The molecule has 0 saturated heterocycles. The first kappa shape index (κ1) is 13.2. The second-order valence-electron chi connectivity index (χ2n) is 5.25. The van der Waals surface area contributed by atoms with Crippen molar-refractivity contribution in [2.75, 3.05) is 12.4 Å². The highest BCUT2D eigenvalue weighted by molar-refractivity contribution is 5.58. The molecule has 1 saturated carbocycles. The van der Waals surface area contributed by atoms with Gasteiger partial charge in [0.15, 0.2) is 5.75 Å². The molecule has 1 fully saturated rings. The maximum atomic E-state index is 5.43. The molecular formula is C15H24N2O. The van der Waals surface area contributed by atoms with Gasteiger partial charge in [0, 0.05) is 12.2 Å². The van der Waals surface area contributed by atoms with E-state index in [1.54, 1.807) is 7.11 Å². The van der Waals surface area contributed by atoms with Crippen molar-refractivity contribution in [2.24, 2.45) is 5.92 Å². The standard InChI is InChI=1S/C15H24N2O/c1-4-12-5-7-13(8-6-12)17-14-9-10-16-11(2)15(14)18-3/h9-10,12-13H,4-8H2,1-3H3,(H,16,17). The van der Waals surface area contributed by atoms with Gasteiger partial charge in [0.1, 0.15) is 0 Å². The van der Waals surface area contributed by atoms with Crippen LogP contribution in [0, 0.1) is 12.8 Å². The van der Waals surface area contributed by atoms with E-state index in [4.69, 9.17) is 4.74 Å². The van der Waals surface area contributed by atoms with E-state index < -0.39 is 0 Å². The summed E-state index contributed by atoms with van der Waals surface area (Å²) in [5.41, 5.74) is 2.04. The lowest BCUT2D eigenvalue weighted by Gasteiger charge is -2.29. The quantitative estimate of drug-likeness (QED) is 0.880. The van der Waals surface area contributed by atoms with E-state index in [9.17, 15) is 0 Å². The van der Waals surface area contributed by atoms with E-state index in [2.05, 4.69) is 17.2 Å². The minimum atomic E-state index is 0.587.